The first kappa shape index (κ1) is 14.6. The summed E-state index contributed by atoms with van der Waals surface area (Å²) in [5, 5.41) is 16.8. The summed E-state index contributed by atoms with van der Waals surface area (Å²) in [6, 6.07) is 0. The highest BCUT2D eigenvalue weighted by molar-refractivity contribution is 4.42. The second-order valence-electron chi connectivity index (χ2n) is 1.97. The van der Waals surface area contributed by atoms with E-state index in [9.17, 15) is 0 Å². The van der Waals surface area contributed by atoms with Crippen molar-refractivity contribution in [2.45, 2.75) is 0 Å². The summed E-state index contributed by atoms with van der Waals surface area (Å²) in [4.78, 5) is 8.36. The van der Waals surface area contributed by atoms with Crippen LogP contribution in [0, 0.1) is 10.1 Å². The number of hydrogen-bond donors (Lipinski definition) is 2. The predicted octanol–water partition coefficient (Wildman–Crippen LogP) is -0.479. The SMILES string of the molecule is COCCNCCOC.O=[N+]([O-])O. The van der Waals surface area contributed by atoms with Crippen molar-refractivity contribution >= 4 is 0 Å². The van der Waals surface area contributed by atoms with Gasteiger partial charge in [0.1, 0.15) is 0 Å². The topological polar surface area (TPSA) is 93.9 Å². The van der Waals surface area contributed by atoms with E-state index in [4.69, 9.17) is 24.8 Å². The molecule has 0 unspecified atom stereocenters. The maximum Gasteiger partial charge on any atom is 0.291 e. The third kappa shape index (κ3) is 35.4. The molecule has 0 heterocycles. The molecule has 0 atom stereocenters. The predicted molar refractivity (Wildman–Crippen MR) is 45.4 cm³/mol. The molecule has 80 valence electrons. The summed E-state index contributed by atoms with van der Waals surface area (Å²) in [6.45, 7) is 3.34. The number of nitrogens with zero attached hydrogens (tertiary/aromatic N) is 1. The van der Waals surface area contributed by atoms with E-state index in [1.807, 2.05) is 0 Å². The van der Waals surface area contributed by atoms with E-state index in [1.54, 1.807) is 14.2 Å². The highest BCUT2D eigenvalue weighted by Gasteiger charge is 1.83. The zero-order chi connectivity index (χ0) is 10.5. The molecule has 0 radical (unpaired) electrons. The Morgan fingerprint density at radius 2 is 1.62 bits per heavy atom. The minimum atomic E-state index is -1.50. The largest absolute Gasteiger partial charge is 0.383 e. The molecule has 0 amide bonds. The Morgan fingerprint density at radius 1 is 1.31 bits per heavy atom. The fraction of sp³-hybridized carbons (Fsp3) is 1.00. The van der Waals surface area contributed by atoms with Crippen LogP contribution < -0.4 is 5.32 Å². The zero-order valence-corrected chi connectivity index (χ0v) is 7.86. The molecule has 13 heavy (non-hydrogen) atoms. The van der Waals surface area contributed by atoms with E-state index in [1.165, 1.54) is 0 Å². The number of methoxy groups -OCH3 is 2. The first-order valence-electron chi connectivity index (χ1n) is 3.67. The first-order valence-corrected chi connectivity index (χ1v) is 3.67. The second kappa shape index (κ2) is 13.7. The Morgan fingerprint density at radius 3 is 1.85 bits per heavy atom. The molecule has 0 aliphatic rings. The molecular weight excluding hydrogens is 180 g/mol. The Kier molecular flexibility index (Phi) is 15.3. The standard InChI is InChI=1S/C6H15NO2.HNO3/c1-8-5-3-7-4-6-9-2;2-1(3)4/h7H,3-6H2,1-2H3;(H,2,3,4). The van der Waals surface area contributed by atoms with Gasteiger partial charge in [0, 0.05) is 27.3 Å². The highest BCUT2D eigenvalue weighted by Crippen LogP contribution is 1.65. The normalized spacial score (nSPS) is 8.77. The average Bonchev–Trinajstić information content (AvgIpc) is 2.03. The summed E-state index contributed by atoms with van der Waals surface area (Å²) >= 11 is 0. The van der Waals surface area contributed by atoms with Gasteiger partial charge in [-0.3, -0.25) is 0 Å². The molecule has 7 heteroatoms. The van der Waals surface area contributed by atoms with Gasteiger partial charge in [0.2, 0.25) is 0 Å². The molecule has 0 saturated heterocycles. The van der Waals surface area contributed by atoms with E-state index in [0.29, 0.717) is 0 Å². The monoisotopic (exact) mass is 196 g/mol. The second-order valence-corrected chi connectivity index (χ2v) is 1.97. The molecular formula is C6H16N2O5. The van der Waals surface area contributed by atoms with Gasteiger partial charge in [-0.2, -0.15) is 0 Å². The van der Waals surface area contributed by atoms with E-state index < -0.39 is 5.09 Å². The van der Waals surface area contributed by atoms with E-state index in [2.05, 4.69) is 5.32 Å². The van der Waals surface area contributed by atoms with Gasteiger partial charge in [-0.25, -0.2) is 0 Å². The fourth-order valence-electron chi connectivity index (χ4n) is 0.473. The molecule has 7 nitrogen and oxygen atoms in total. The molecule has 0 aliphatic heterocycles. The molecule has 0 aromatic carbocycles. The van der Waals surface area contributed by atoms with Gasteiger partial charge in [-0.1, -0.05) is 0 Å². The lowest BCUT2D eigenvalue weighted by molar-refractivity contribution is -0.742. The lowest BCUT2D eigenvalue weighted by atomic mass is 10.6. The maximum atomic E-state index is 8.36. The van der Waals surface area contributed by atoms with Crippen LogP contribution in [0.3, 0.4) is 0 Å². The summed E-state index contributed by atoms with van der Waals surface area (Å²) in [6.07, 6.45) is 0. The van der Waals surface area contributed by atoms with Gasteiger partial charge in [0.15, 0.2) is 0 Å². The van der Waals surface area contributed by atoms with Crippen LogP contribution in [0.2, 0.25) is 0 Å². The van der Waals surface area contributed by atoms with Crippen molar-refractivity contribution in [2.24, 2.45) is 0 Å². The number of nitrogens with one attached hydrogen (secondary N) is 1. The Hall–Kier alpha value is -0.920. The molecule has 0 spiro atoms. The summed E-state index contributed by atoms with van der Waals surface area (Å²) in [7, 11) is 3.38. The summed E-state index contributed by atoms with van der Waals surface area (Å²) in [5.74, 6) is 0. The van der Waals surface area contributed by atoms with Crippen molar-refractivity contribution in [1.29, 1.82) is 0 Å². The molecule has 0 aromatic rings. The molecule has 0 aliphatic carbocycles. The van der Waals surface area contributed by atoms with Gasteiger partial charge < -0.3 is 20.0 Å². The third-order valence-electron chi connectivity index (χ3n) is 0.966. The van der Waals surface area contributed by atoms with Gasteiger partial charge in [-0.15, -0.1) is 10.1 Å². The van der Waals surface area contributed by atoms with Crippen LogP contribution in [0.15, 0.2) is 0 Å². The van der Waals surface area contributed by atoms with Crippen LogP contribution in [-0.2, 0) is 9.47 Å². The molecule has 0 bridgehead atoms. The van der Waals surface area contributed by atoms with Crippen LogP contribution in [-0.4, -0.2) is 50.8 Å². The molecule has 0 saturated carbocycles. The lowest BCUT2D eigenvalue weighted by Gasteiger charge is -2.01. The smallest absolute Gasteiger partial charge is 0.291 e. The van der Waals surface area contributed by atoms with Crippen LogP contribution in [0.5, 0.6) is 0 Å². The van der Waals surface area contributed by atoms with Crippen molar-refractivity contribution in [3.8, 4) is 0 Å². The quantitative estimate of drug-likeness (QED) is 0.338. The zero-order valence-electron chi connectivity index (χ0n) is 7.86. The van der Waals surface area contributed by atoms with E-state index in [0.717, 1.165) is 26.3 Å². The molecule has 2 N–H and O–H groups in total. The average molecular weight is 196 g/mol. The Balaban J connectivity index is 0. The molecule has 0 aromatic heterocycles. The summed E-state index contributed by atoms with van der Waals surface area (Å²) < 4.78 is 9.64. The summed E-state index contributed by atoms with van der Waals surface area (Å²) in [5.41, 5.74) is 0. The lowest BCUT2D eigenvalue weighted by Crippen LogP contribution is -2.23. The van der Waals surface area contributed by atoms with Crippen LogP contribution >= 0.6 is 0 Å². The first-order chi connectivity index (χ1) is 6.15. The van der Waals surface area contributed by atoms with Gasteiger partial charge in [0.05, 0.1) is 13.2 Å². The molecule has 0 rings (SSSR count). The third-order valence-corrected chi connectivity index (χ3v) is 0.966. The van der Waals surface area contributed by atoms with Crippen molar-refractivity contribution in [1.82, 2.24) is 5.32 Å². The van der Waals surface area contributed by atoms with Gasteiger partial charge in [-0.05, 0) is 0 Å². The van der Waals surface area contributed by atoms with Crippen LogP contribution in [0.25, 0.3) is 0 Å². The van der Waals surface area contributed by atoms with Crippen molar-refractivity contribution < 1.29 is 19.8 Å². The fourth-order valence-corrected chi connectivity index (χ4v) is 0.473. The maximum absolute atomic E-state index is 8.36. The number of rotatable bonds is 6. The highest BCUT2D eigenvalue weighted by atomic mass is 16.9. The Labute approximate surface area is 76.7 Å². The van der Waals surface area contributed by atoms with Gasteiger partial charge >= 0.3 is 0 Å². The Bertz CT molecular complexity index is 101. The van der Waals surface area contributed by atoms with Crippen molar-refractivity contribution in [3.63, 3.8) is 0 Å². The van der Waals surface area contributed by atoms with E-state index in [-0.39, 0.29) is 0 Å². The van der Waals surface area contributed by atoms with Crippen LogP contribution in [0.1, 0.15) is 0 Å². The van der Waals surface area contributed by atoms with Crippen molar-refractivity contribution in [2.75, 3.05) is 40.5 Å². The van der Waals surface area contributed by atoms with Crippen LogP contribution in [0.4, 0.5) is 0 Å². The minimum absolute atomic E-state index is 0.768. The number of hydrogen-bond acceptors (Lipinski definition) is 5. The van der Waals surface area contributed by atoms with Crippen molar-refractivity contribution in [3.05, 3.63) is 10.1 Å². The van der Waals surface area contributed by atoms with E-state index >= 15 is 0 Å². The minimum Gasteiger partial charge on any atom is -0.383 e. The number of ether oxygens (including phenoxy) is 2. The van der Waals surface area contributed by atoms with Gasteiger partial charge in [0.25, 0.3) is 5.09 Å². The molecule has 0 fully saturated rings.